The molecule has 0 unspecified atom stereocenters. The van der Waals surface area contributed by atoms with Gasteiger partial charge in [-0.25, -0.2) is 12.4 Å². The van der Waals surface area contributed by atoms with Crippen molar-refractivity contribution in [2.24, 2.45) is 5.73 Å². The van der Waals surface area contributed by atoms with Crippen LogP contribution < -0.4 is 11.0 Å². The third-order valence-electron chi connectivity index (χ3n) is 3.74. The zero-order valence-electron chi connectivity index (χ0n) is 12.6. The van der Waals surface area contributed by atoms with Gasteiger partial charge in [0.15, 0.2) is 0 Å². The van der Waals surface area contributed by atoms with Gasteiger partial charge in [0.2, 0.25) is 0 Å². The average Bonchev–Trinajstić information content (AvgIpc) is 2.95. The van der Waals surface area contributed by atoms with Gasteiger partial charge in [0, 0.05) is 18.1 Å². The lowest BCUT2D eigenvalue weighted by atomic mass is 10.2. The fraction of sp³-hybridized carbons (Fsp3) is 0.0667. The van der Waals surface area contributed by atoms with Crippen LogP contribution in [0.5, 0.6) is 0 Å². The summed E-state index contributed by atoms with van der Waals surface area (Å²) in [5.41, 5.74) is 6.34. The minimum Gasteiger partial charge on any atom is -0.326 e. The van der Waals surface area contributed by atoms with Crippen LogP contribution in [-0.4, -0.2) is 22.8 Å². The molecule has 1 heterocycles. The number of halogens is 2. The highest BCUT2D eigenvalue weighted by molar-refractivity contribution is 7.90. The van der Waals surface area contributed by atoms with E-state index in [4.69, 9.17) is 28.9 Å². The lowest BCUT2D eigenvalue weighted by molar-refractivity contribution is 0.0291. The lowest BCUT2D eigenvalue weighted by Gasteiger charge is -2.13. The molecule has 7 nitrogen and oxygen atoms in total. The van der Waals surface area contributed by atoms with Crippen LogP contribution in [0.15, 0.2) is 47.5 Å². The number of aromatic nitrogens is 1. The second kappa shape index (κ2) is 6.49. The molecule has 132 valence electrons. The molecule has 0 amide bonds. The Balaban J connectivity index is 2.29. The smallest absolute Gasteiger partial charge is 0.268 e. The molecule has 3 rings (SSSR count). The van der Waals surface area contributed by atoms with Gasteiger partial charge in [-0.2, -0.15) is 0 Å². The fourth-order valence-electron chi connectivity index (χ4n) is 2.55. The molecule has 4 N–H and O–H groups in total. The summed E-state index contributed by atoms with van der Waals surface area (Å²) in [5.74, 6) is 0. The SMILES string of the molecule is NCc1cn(S(=O)(=O)c2ccc(Cl)c(N(O)O)c2)c2c(Cl)cccc12. The molecular formula is C15H13Cl2N3O4S. The molecule has 0 aliphatic rings. The Morgan fingerprint density at radius 3 is 2.48 bits per heavy atom. The van der Waals surface area contributed by atoms with Crippen molar-refractivity contribution < 1.29 is 18.8 Å². The molecule has 0 saturated carbocycles. The highest BCUT2D eigenvalue weighted by atomic mass is 35.5. The van der Waals surface area contributed by atoms with Crippen LogP contribution in [0.2, 0.25) is 10.0 Å². The highest BCUT2D eigenvalue weighted by Crippen LogP contribution is 2.33. The van der Waals surface area contributed by atoms with Gasteiger partial charge in [-0.3, -0.25) is 10.4 Å². The summed E-state index contributed by atoms with van der Waals surface area (Å²) in [6.07, 6.45) is 1.40. The van der Waals surface area contributed by atoms with E-state index in [9.17, 15) is 18.8 Å². The first-order valence-corrected chi connectivity index (χ1v) is 9.18. The van der Waals surface area contributed by atoms with Gasteiger partial charge in [-0.1, -0.05) is 35.3 Å². The van der Waals surface area contributed by atoms with Crippen molar-refractivity contribution in [2.45, 2.75) is 11.4 Å². The number of hydrogen-bond donors (Lipinski definition) is 3. The van der Waals surface area contributed by atoms with Crippen LogP contribution in [0.25, 0.3) is 10.9 Å². The summed E-state index contributed by atoms with van der Waals surface area (Å²) in [6, 6.07) is 8.56. The van der Waals surface area contributed by atoms with Gasteiger partial charge in [0.1, 0.15) is 5.69 Å². The van der Waals surface area contributed by atoms with Crippen molar-refractivity contribution in [2.75, 3.05) is 5.23 Å². The van der Waals surface area contributed by atoms with Crippen LogP contribution in [-0.2, 0) is 16.6 Å². The maximum absolute atomic E-state index is 13.1. The van der Waals surface area contributed by atoms with E-state index >= 15 is 0 Å². The molecule has 25 heavy (non-hydrogen) atoms. The molecule has 3 aromatic rings. The van der Waals surface area contributed by atoms with Gasteiger partial charge in [-0.05, 0) is 29.8 Å². The second-order valence-electron chi connectivity index (χ2n) is 5.20. The van der Waals surface area contributed by atoms with Crippen molar-refractivity contribution in [3.63, 3.8) is 0 Å². The van der Waals surface area contributed by atoms with Crippen molar-refractivity contribution in [3.8, 4) is 0 Å². The zero-order valence-corrected chi connectivity index (χ0v) is 14.9. The summed E-state index contributed by atoms with van der Waals surface area (Å²) in [5, 5.41) is 19.0. The molecule has 0 atom stereocenters. The van der Waals surface area contributed by atoms with Gasteiger partial charge >= 0.3 is 0 Å². The summed E-state index contributed by atoms with van der Waals surface area (Å²) >= 11 is 12.0. The van der Waals surface area contributed by atoms with Crippen LogP contribution in [0.1, 0.15) is 5.56 Å². The standard InChI is InChI=1S/C15H13Cl2N3O4S/c16-12-5-4-10(6-14(12)20(21)22)25(23,24)19-8-9(7-18)11-2-1-3-13(17)15(11)19/h1-6,8,21-22H,7,18H2. The summed E-state index contributed by atoms with van der Waals surface area (Å²) in [6.45, 7) is 0.131. The number of fused-ring (bicyclic) bond motifs is 1. The fourth-order valence-corrected chi connectivity index (χ4v) is 4.49. The Kier molecular flexibility index (Phi) is 4.67. The molecule has 2 aromatic carbocycles. The largest absolute Gasteiger partial charge is 0.326 e. The summed E-state index contributed by atoms with van der Waals surface area (Å²) in [4.78, 5) is -0.194. The van der Waals surface area contributed by atoms with Crippen molar-refractivity contribution in [1.82, 2.24) is 3.97 Å². The molecule has 10 heteroatoms. The van der Waals surface area contributed by atoms with E-state index in [1.807, 2.05) is 0 Å². The summed E-state index contributed by atoms with van der Waals surface area (Å²) in [7, 11) is -4.08. The first-order chi connectivity index (χ1) is 11.8. The van der Waals surface area contributed by atoms with Gasteiger partial charge < -0.3 is 5.73 Å². The van der Waals surface area contributed by atoms with Crippen molar-refractivity contribution in [3.05, 3.63) is 58.2 Å². The number of para-hydroxylation sites is 1. The number of nitrogens with two attached hydrogens (primary N) is 1. The van der Waals surface area contributed by atoms with Crippen LogP contribution >= 0.6 is 23.2 Å². The molecule has 0 fully saturated rings. The monoisotopic (exact) mass is 401 g/mol. The Bertz CT molecular complexity index is 1060. The Labute approximate surface area is 153 Å². The number of nitrogens with zero attached hydrogens (tertiary/aromatic N) is 2. The van der Waals surface area contributed by atoms with E-state index in [0.717, 1.165) is 10.0 Å². The summed E-state index contributed by atoms with van der Waals surface area (Å²) < 4.78 is 27.1. The van der Waals surface area contributed by atoms with Crippen molar-refractivity contribution in [1.29, 1.82) is 0 Å². The van der Waals surface area contributed by atoms with Crippen molar-refractivity contribution >= 4 is 49.8 Å². The number of benzene rings is 2. The maximum Gasteiger partial charge on any atom is 0.268 e. The molecule has 0 radical (unpaired) electrons. The van der Waals surface area contributed by atoms with Crippen LogP contribution in [0, 0.1) is 0 Å². The Morgan fingerprint density at radius 2 is 1.84 bits per heavy atom. The zero-order chi connectivity index (χ0) is 18.4. The topological polar surface area (TPSA) is 109 Å². The normalized spacial score (nSPS) is 11.9. The molecule has 0 aliphatic carbocycles. The first kappa shape index (κ1) is 18.0. The first-order valence-electron chi connectivity index (χ1n) is 6.99. The highest BCUT2D eigenvalue weighted by Gasteiger charge is 2.24. The number of hydrogen-bond acceptors (Lipinski definition) is 6. The Morgan fingerprint density at radius 1 is 1.12 bits per heavy atom. The molecule has 0 spiro atoms. The molecular weight excluding hydrogens is 389 g/mol. The Hall–Kier alpha value is -1.81. The number of anilines is 1. The lowest BCUT2D eigenvalue weighted by Crippen LogP contribution is -2.15. The van der Waals surface area contributed by atoms with E-state index < -0.39 is 10.0 Å². The second-order valence-corrected chi connectivity index (χ2v) is 7.83. The van der Waals surface area contributed by atoms with E-state index in [2.05, 4.69) is 0 Å². The third-order valence-corrected chi connectivity index (χ3v) is 6.02. The average molecular weight is 402 g/mol. The minimum absolute atomic E-state index is 0.0259. The van der Waals surface area contributed by atoms with E-state index in [-0.39, 0.29) is 32.4 Å². The number of rotatable bonds is 4. The van der Waals surface area contributed by atoms with Gasteiger partial charge in [-0.15, -0.1) is 5.23 Å². The quantitative estimate of drug-likeness (QED) is 0.579. The third kappa shape index (κ3) is 2.97. The predicted molar refractivity (Wildman–Crippen MR) is 94.9 cm³/mol. The van der Waals surface area contributed by atoms with Gasteiger partial charge in [0.05, 0.1) is 20.5 Å². The molecule has 0 bridgehead atoms. The van der Waals surface area contributed by atoms with E-state index in [1.165, 1.54) is 18.3 Å². The van der Waals surface area contributed by atoms with Crippen LogP contribution in [0.3, 0.4) is 0 Å². The minimum atomic E-state index is -4.08. The van der Waals surface area contributed by atoms with Gasteiger partial charge in [0.25, 0.3) is 10.0 Å². The molecule has 0 saturated heterocycles. The van der Waals surface area contributed by atoms with E-state index in [1.54, 1.807) is 18.2 Å². The maximum atomic E-state index is 13.1. The predicted octanol–water partition coefficient (Wildman–Crippen LogP) is 3.23. The molecule has 1 aromatic heterocycles. The molecule has 0 aliphatic heterocycles. The van der Waals surface area contributed by atoms with Crippen LogP contribution in [0.4, 0.5) is 5.69 Å². The van der Waals surface area contributed by atoms with E-state index in [0.29, 0.717) is 16.5 Å².